The minimum Gasteiger partial charge on any atom is -0.490 e. The minimum atomic E-state index is -0.505. The number of aliphatic hydroxyl groups excluding tert-OH is 1. The zero-order valence-electron chi connectivity index (χ0n) is 17.9. The summed E-state index contributed by atoms with van der Waals surface area (Å²) >= 11 is 1.98. The van der Waals surface area contributed by atoms with Crippen LogP contribution < -0.4 is 4.74 Å². The van der Waals surface area contributed by atoms with Crippen LogP contribution in [0.25, 0.3) is 21.1 Å². The van der Waals surface area contributed by atoms with Crippen LogP contribution in [-0.2, 0) is 6.42 Å². The summed E-state index contributed by atoms with van der Waals surface area (Å²) in [5, 5.41) is 12.9. The van der Waals surface area contributed by atoms with E-state index in [1.54, 1.807) is 16.7 Å². The molecule has 3 heterocycles. The molecule has 0 saturated carbocycles. The van der Waals surface area contributed by atoms with E-state index in [1.807, 2.05) is 35.6 Å². The van der Waals surface area contributed by atoms with Gasteiger partial charge in [-0.3, -0.25) is 0 Å². The molecular weight excluding hydrogens is 406 g/mol. The highest BCUT2D eigenvalue weighted by molar-refractivity contribution is 7.19. The van der Waals surface area contributed by atoms with Crippen LogP contribution in [0.2, 0.25) is 0 Å². The van der Waals surface area contributed by atoms with E-state index in [-0.39, 0.29) is 0 Å². The fraction of sp³-hybridized carbons (Fsp3) is 0.385. The smallest absolute Gasteiger partial charge is 0.137 e. The van der Waals surface area contributed by atoms with Crippen molar-refractivity contribution in [2.24, 2.45) is 0 Å². The van der Waals surface area contributed by atoms with Gasteiger partial charge in [0.1, 0.15) is 24.0 Å². The molecule has 2 aromatic carbocycles. The molecule has 162 valence electrons. The molecule has 0 bridgehead atoms. The molecule has 1 aliphatic rings. The van der Waals surface area contributed by atoms with Gasteiger partial charge in [0.25, 0.3) is 0 Å². The summed E-state index contributed by atoms with van der Waals surface area (Å²) in [6.45, 7) is 5.27. The van der Waals surface area contributed by atoms with Crippen molar-refractivity contribution in [2.75, 3.05) is 26.2 Å². The third-order valence-corrected chi connectivity index (χ3v) is 7.77. The van der Waals surface area contributed by atoms with Crippen LogP contribution in [0.15, 0.2) is 59.2 Å². The molecule has 31 heavy (non-hydrogen) atoms. The number of rotatable bonds is 7. The van der Waals surface area contributed by atoms with Crippen molar-refractivity contribution >= 4 is 32.4 Å². The van der Waals surface area contributed by atoms with E-state index < -0.39 is 6.10 Å². The number of likely N-dealkylation sites (tertiary alicyclic amines) is 1. The highest BCUT2D eigenvalue weighted by Crippen LogP contribution is 2.40. The van der Waals surface area contributed by atoms with Crippen molar-refractivity contribution in [3.8, 4) is 5.75 Å². The number of β-amino-alcohol motifs (C(OH)–C–C–N with tert-alkyl or cyclic N) is 1. The number of benzene rings is 2. The molecule has 1 aliphatic heterocycles. The van der Waals surface area contributed by atoms with E-state index in [1.165, 1.54) is 10.1 Å². The number of furan rings is 1. The fourth-order valence-electron chi connectivity index (χ4n) is 4.82. The minimum absolute atomic E-state index is 0.292. The summed E-state index contributed by atoms with van der Waals surface area (Å²) in [5.41, 5.74) is 2.35. The lowest BCUT2D eigenvalue weighted by Gasteiger charge is -2.33. The molecule has 5 heteroatoms. The number of thiophene rings is 1. The van der Waals surface area contributed by atoms with Gasteiger partial charge in [-0.1, -0.05) is 31.2 Å². The van der Waals surface area contributed by atoms with E-state index in [2.05, 4.69) is 36.1 Å². The molecule has 0 radical (unpaired) electrons. The number of hydrogen-bond acceptors (Lipinski definition) is 5. The van der Waals surface area contributed by atoms with E-state index in [9.17, 15) is 5.11 Å². The van der Waals surface area contributed by atoms with Crippen LogP contribution in [0.5, 0.6) is 5.75 Å². The predicted octanol–water partition coefficient (Wildman–Crippen LogP) is 5.83. The van der Waals surface area contributed by atoms with Gasteiger partial charge in [0.15, 0.2) is 0 Å². The van der Waals surface area contributed by atoms with Crippen LogP contribution in [0.3, 0.4) is 0 Å². The Morgan fingerprint density at radius 2 is 1.94 bits per heavy atom. The molecule has 1 fully saturated rings. The van der Waals surface area contributed by atoms with Gasteiger partial charge >= 0.3 is 0 Å². The Kier molecular flexibility index (Phi) is 5.99. The second-order valence-electron chi connectivity index (χ2n) is 8.42. The second-order valence-corrected chi connectivity index (χ2v) is 9.51. The third-order valence-electron chi connectivity index (χ3n) is 6.40. The van der Waals surface area contributed by atoms with Gasteiger partial charge in [-0.05, 0) is 73.5 Å². The monoisotopic (exact) mass is 435 g/mol. The number of aryl methyl sites for hydroxylation is 1. The zero-order chi connectivity index (χ0) is 21.2. The lowest BCUT2D eigenvalue weighted by atomic mass is 9.91. The lowest BCUT2D eigenvalue weighted by molar-refractivity contribution is 0.0600. The molecule has 0 aliphatic carbocycles. The quantitative estimate of drug-likeness (QED) is 0.397. The molecule has 5 rings (SSSR count). The molecule has 4 nitrogen and oxygen atoms in total. The van der Waals surface area contributed by atoms with Crippen molar-refractivity contribution in [2.45, 2.75) is 38.2 Å². The first-order valence-electron chi connectivity index (χ1n) is 11.2. The van der Waals surface area contributed by atoms with Crippen molar-refractivity contribution in [1.82, 2.24) is 4.90 Å². The van der Waals surface area contributed by atoms with Gasteiger partial charge < -0.3 is 19.2 Å². The van der Waals surface area contributed by atoms with Crippen molar-refractivity contribution in [3.63, 3.8) is 0 Å². The second kappa shape index (κ2) is 9.03. The standard InChI is InChI=1S/C26H29NO3S/c1-2-20-21-6-3-4-9-25(21)31-26(20)18-10-13-27(14-11-18)16-19(28)17-30-24-8-5-7-23-22(24)12-15-29-23/h3-9,12,15,18-19,28H,2,10-11,13-14,16-17H2,1H3. The summed E-state index contributed by atoms with van der Waals surface area (Å²) in [5.74, 6) is 1.40. The SMILES string of the molecule is CCc1c(C2CCN(CC(O)COc3cccc4occc34)CC2)sc2ccccc12. The topological polar surface area (TPSA) is 45.8 Å². The van der Waals surface area contributed by atoms with Crippen LogP contribution in [0, 0.1) is 0 Å². The van der Waals surface area contributed by atoms with Crippen molar-refractivity contribution < 1.29 is 14.3 Å². The van der Waals surface area contributed by atoms with Crippen LogP contribution >= 0.6 is 11.3 Å². The maximum absolute atomic E-state index is 10.6. The molecular formula is C26H29NO3S. The average Bonchev–Trinajstić information content (AvgIpc) is 3.43. The lowest BCUT2D eigenvalue weighted by Crippen LogP contribution is -2.40. The summed E-state index contributed by atoms with van der Waals surface area (Å²) in [7, 11) is 0. The average molecular weight is 436 g/mol. The number of fused-ring (bicyclic) bond motifs is 2. The van der Waals surface area contributed by atoms with Gasteiger partial charge in [0, 0.05) is 16.1 Å². The first-order chi connectivity index (χ1) is 15.2. The Bertz CT molecular complexity index is 1160. The van der Waals surface area contributed by atoms with Gasteiger partial charge in [-0.15, -0.1) is 11.3 Å². The molecule has 4 aromatic rings. The summed E-state index contributed by atoms with van der Waals surface area (Å²) < 4.78 is 12.7. The normalized spacial score (nSPS) is 16.8. The van der Waals surface area contributed by atoms with E-state index >= 15 is 0 Å². The van der Waals surface area contributed by atoms with Gasteiger partial charge in [0.2, 0.25) is 0 Å². The number of piperidine rings is 1. The summed E-state index contributed by atoms with van der Waals surface area (Å²) in [6, 6.07) is 16.5. The fourth-order valence-corrected chi connectivity index (χ4v) is 6.28. The van der Waals surface area contributed by atoms with Crippen LogP contribution in [0.1, 0.15) is 36.1 Å². The van der Waals surface area contributed by atoms with Crippen LogP contribution in [-0.4, -0.2) is 42.4 Å². The van der Waals surface area contributed by atoms with E-state index in [0.29, 0.717) is 19.1 Å². The largest absolute Gasteiger partial charge is 0.490 e. The van der Waals surface area contributed by atoms with Gasteiger partial charge in [-0.2, -0.15) is 0 Å². The zero-order valence-corrected chi connectivity index (χ0v) is 18.7. The molecule has 1 N–H and O–H groups in total. The van der Waals surface area contributed by atoms with E-state index in [0.717, 1.165) is 49.1 Å². The Hall–Kier alpha value is -2.34. The predicted molar refractivity (Wildman–Crippen MR) is 127 cm³/mol. The van der Waals surface area contributed by atoms with Gasteiger partial charge in [0.05, 0.1) is 11.6 Å². The Labute approximate surface area is 187 Å². The van der Waals surface area contributed by atoms with E-state index in [4.69, 9.17) is 9.15 Å². The maximum atomic E-state index is 10.6. The van der Waals surface area contributed by atoms with Gasteiger partial charge in [-0.25, -0.2) is 0 Å². The molecule has 0 spiro atoms. The highest BCUT2D eigenvalue weighted by atomic mass is 32.1. The molecule has 1 atom stereocenters. The number of nitrogens with zero attached hydrogens (tertiary/aromatic N) is 1. The third kappa shape index (κ3) is 4.22. The molecule has 1 unspecified atom stereocenters. The number of aliphatic hydroxyl groups is 1. The molecule has 0 amide bonds. The highest BCUT2D eigenvalue weighted by Gasteiger charge is 2.26. The van der Waals surface area contributed by atoms with Crippen molar-refractivity contribution in [3.05, 3.63) is 65.2 Å². The Morgan fingerprint density at radius 1 is 1.10 bits per heavy atom. The Morgan fingerprint density at radius 3 is 2.77 bits per heavy atom. The number of ether oxygens (including phenoxy) is 1. The maximum Gasteiger partial charge on any atom is 0.137 e. The van der Waals surface area contributed by atoms with Crippen molar-refractivity contribution in [1.29, 1.82) is 0 Å². The molecule has 2 aromatic heterocycles. The summed E-state index contributed by atoms with van der Waals surface area (Å²) in [6.07, 6.45) is 4.57. The molecule has 1 saturated heterocycles. The Balaban J connectivity index is 1.16. The first kappa shape index (κ1) is 20.6. The van der Waals surface area contributed by atoms with Crippen LogP contribution in [0.4, 0.5) is 0 Å². The summed E-state index contributed by atoms with van der Waals surface area (Å²) in [4.78, 5) is 3.96. The first-order valence-corrected chi connectivity index (χ1v) is 12.0. The number of hydrogen-bond donors (Lipinski definition) is 1.